The van der Waals surface area contributed by atoms with Crippen LogP contribution in [0, 0.1) is 17.8 Å². The Morgan fingerprint density at radius 2 is 2.29 bits per heavy atom. The molecule has 4 nitrogen and oxygen atoms in total. The van der Waals surface area contributed by atoms with Gasteiger partial charge in [0.2, 0.25) is 5.91 Å². The topological polar surface area (TPSA) is 57.6 Å². The van der Waals surface area contributed by atoms with Crippen molar-refractivity contribution < 1.29 is 14.7 Å². The summed E-state index contributed by atoms with van der Waals surface area (Å²) in [4.78, 5) is 24.0. The molecule has 0 aromatic heterocycles. The molecule has 0 aromatic rings. The fraction of sp³-hybridized carbons (Fsp3) is 0.800. The highest BCUT2D eigenvalue weighted by atomic mass is 16.4. The Morgan fingerprint density at radius 1 is 1.64 bits per heavy atom. The van der Waals surface area contributed by atoms with E-state index in [2.05, 4.69) is 0 Å². The first kappa shape index (κ1) is 9.49. The van der Waals surface area contributed by atoms with Gasteiger partial charge in [-0.3, -0.25) is 9.59 Å². The zero-order valence-corrected chi connectivity index (χ0v) is 8.27. The van der Waals surface area contributed by atoms with Crippen LogP contribution in [0.5, 0.6) is 0 Å². The van der Waals surface area contributed by atoms with Gasteiger partial charge in [-0.25, -0.2) is 0 Å². The van der Waals surface area contributed by atoms with E-state index in [0.717, 1.165) is 19.4 Å². The predicted octanol–water partition coefficient (Wildman–Crippen LogP) is 0.575. The zero-order chi connectivity index (χ0) is 10.3. The van der Waals surface area contributed by atoms with Gasteiger partial charge in [0.05, 0.1) is 5.92 Å². The molecule has 1 saturated carbocycles. The number of nitrogens with zero attached hydrogens (tertiary/aromatic N) is 1. The number of fused-ring (bicyclic) bond motifs is 2. The van der Waals surface area contributed by atoms with Crippen LogP contribution in [0.25, 0.3) is 0 Å². The van der Waals surface area contributed by atoms with Gasteiger partial charge in [-0.1, -0.05) is 6.92 Å². The van der Waals surface area contributed by atoms with Crippen molar-refractivity contribution in [3.8, 4) is 0 Å². The van der Waals surface area contributed by atoms with Gasteiger partial charge >= 0.3 is 5.97 Å². The van der Waals surface area contributed by atoms with Gasteiger partial charge in [0.1, 0.15) is 0 Å². The molecule has 4 heteroatoms. The quantitative estimate of drug-likeness (QED) is 0.719. The molecule has 2 heterocycles. The lowest BCUT2D eigenvalue weighted by molar-refractivity contribution is -0.152. The SMILES string of the molecule is CC(CN1CC2CC(C2)C1=O)C(=O)O. The average molecular weight is 197 g/mol. The Kier molecular flexibility index (Phi) is 2.21. The number of hydrogen-bond acceptors (Lipinski definition) is 2. The summed E-state index contributed by atoms with van der Waals surface area (Å²) in [5, 5.41) is 8.74. The standard InChI is InChI=1S/C10H15NO3/c1-6(10(13)14)4-11-5-7-2-8(3-7)9(11)12/h6-8H,2-5H2,1H3,(H,13,14). The normalized spacial score (nSPS) is 32.4. The first-order valence-electron chi connectivity index (χ1n) is 5.09. The number of carbonyl (C=O) groups excluding carboxylic acids is 1. The molecule has 2 bridgehead atoms. The van der Waals surface area contributed by atoms with Gasteiger partial charge in [-0.15, -0.1) is 0 Å². The average Bonchev–Trinajstić information content (AvgIpc) is 2.05. The molecule has 3 fully saturated rings. The molecule has 14 heavy (non-hydrogen) atoms. The summed E-state index contributed by atoms with van der Waals surface area (Å²) < 4.78 is 0. The Hall–Kier alpha value is -1.06. The first-order chi connectivity index (χ1) is 6.58. The highest BCUT2D eigenvalue weighted by Crippen LogP contribution is 2.40. The zero-order valence-electron chi connectivity index (χ0n) is 8.27. The third-order valence-electron chi connectivity index (χ3n) is 3.29. The molecular weight excluding hydrogens is 182 g/mol. The van der Waals surface area contributed by atoms with E-state index in [9.17, 15) is 9.59 Å². The monoisotopic (exact) mass is 197 g/mol. The van der Waals surface area contributed by atoms with Gasteiger partial charge in [0.25, 0.3) is 0 Å². The second-order valence-electron chi connectivity index (χ2n) is 4.52. The number of hydrogen-bond donors (Lipinski definition) is 1. The second-order valence-corrected chi connectivity index (χ2v) is 4.52. The number of piperidine rings is 2. The van der Waals surface area contributed by atoms with Crippen molar-refractivity contribution in [3.63, 3.8) is 0 Å². The van der Waals surface area contributed by atoms with Crippen LogP contribution in [0.3, 0.4) is 0 Å². The summed E-state index contributed by atoms with van der Waals surface area (Å²) in [6.07, 6.45) is 2.05. The number of carboxylic acids is 1. The van der Waals surface area contributed by atoms with E-state index in [4.69, 9.17) is 5.11 Å². The number of aliphatic carboxylic acids is 1. The van der Waals surface area contributed by atoms with Gasteiger partial charge < -0.3 is 10.0 Å². The summed E-state index contributed by atoms with van der Waals surface area (Å²) in [7, 11) is 0. The molecule has 0 spiro atoms. The fourth-order valence-electron chi connectivity index (χ4n) is 2.32. The summed E-state index contributed by atoms with van der Waals surface area (Å²) in [5.41, 5.74) is 0. The van der Waals surface area contributed by atoms with E-state index in [1.54, 1.807) is 11.8 Å². The lowest BCUT2D eigenvalue weighted by Gasteiger charge is -2.46. The maximum Gasteiger partial charge on any atom is 0.308 e. The minimum atomic E-state index is -0.822. The molecule has 0 aromatic carbocycles. The molecular formula is C10H15NO3. The largest absolute Gasteiger partial charge is 0.481 e. The van der Waals surface area contributed by atoms with Crippen LogP contribution in [0.2, 0.25) is 0 Å². The molecule has 78 valence electrons. The van der Waals surface area contributed by atoms with E-state index in [-0.39, 0.29) is 11.8 Å². The third kappa shape index (κ3) is 1.49. The Labute approximate surface area is 82.9 Å². The Morgan fingerprint density at radius 3 is 2.79 bits per heavy atom. The van der Waals surface area contributed by atoms with Crippen LogP contribution in [-0.4, -0.2) is 35.0 Å². The Bertz CT molecular complexity index is 271. The number of carboxylic acid groups (broad SMARTS) is 1. The van der Waals surface area contributed by atoms with Crippen molar-refractivity contribution >= 4 is 11.9 Å². The minimum absolute atomic E-state index is 0.167. The smallest absolute Gasteiger partial charge is 0.308 e. The predicted molar refractivity (Wildman–Crippen MR) is 49.6 cm³/mol. The molecule has 1 atom stereocenters. The lowest BCUT2D eigenvalue weighted by Crippen LogP contribution is -2.54. The molecule has 3 aliphatic rings. The van der Waals surface area contributed by atoms with Crippen LogP contribution >= 0.6 is 0 Å². The number of amides is 1. The third-order valence-corrected chi connectivity index (χ3v) is 3.29. The maximum atomic E-state index is 11.7. The van der Waals surface area contributed by atoms with Crippen molar-refractivity contribution in [1.29, 1.82) is 0 Å². The summed E-state index contributed by atoms with van der Waals surface area (Å²) in [6, 6.07) is 0. The van der Waals surface area contributed by atoms with Crippen molar-refractivity contribution in [2.24, 2.45) is 17.8 Å². The van der Waals surface area contributed by atoms with Crippen LogP contribution in [0.1, 0.15) is 19.8 Å². The lowest BCUT2D eigenvalue weighted by atomic mass is 9.70. The molecule has 2 saturated heterocycles. The van der Waals surface area contributed by atoms with E-state index in [1.807, 2.05) is 0 Å². The van der Waals surface area contributed by atoms with Crippen molar-refractivity contribution in [2.75, 3.05) is 13.1 Å². The van der Waals surface area contributed by atoms with Crippen molar-refractivity contribution in [3.05, 3.63) is 0 Å². The Balaban J connectivity index is 1.92. The first-order valence-corrected chi connectivity index (χ1v) is 5.09. The highest BCUT2D eigenvalue weighted by molar-refractivity contribution is 5.82. The molecule has 1 amide bonds. The molecule has 2 aliphatic heterocycles. The van der Waals surface area contributed by atoms with Crippen LogP contribution in [0.4, 0.5) is 0 Å². The van der Waals surface area contributed by atoms with Crippen molar-refractivity contribution in [1.82, 2.24) is 4.90 Å². The van der Waals surface area contributed by atoms with Gasteiger partial charge in [-0.2, -0.15) is 0 Å². The van der Waals surface area contributed by atoms with Gasteiger partial charge in [0.15, 0.2) is 0 Å². The van der Waals surface area contributed by atoms with Gasteiger partial charge in [0, 0.05) is 19.0 Å². The second kappa shape index (κ2) is 3.26. The fourth-order valence-corrected chi connectivity index (χ4v) is 2.32. The van der Waals surface area contributed by atoms with Gasteiger partial charge in [-0.05, 0) is 18.8 Å². The van der Waals surface area contributed by atoms with Crippen LogP contribution < -0.4 is 0 Å². The van der Waals surface area contributed by atoms with E-state index >= 15 is 0 Å². The molecule has 1 unspecified atom stereocenters. The molecule has 1 aliphatic carbocycles. The maximum absolute atomic E-state index is 11.7. The minimum Gasteiger partial charge on any atom is -0.481 e. The van der Waals surface area contributed by atoms with Crippen LogP contribution in [0.15, 0.2) is 0 Å². The summed E-state index contributed by atoms with van der Waals surface area (Å²) in [5.74, 6) is -0.262. The van der Waals surface area contributed by atoms with E-state index in [0.29, 0.717) is 12.5 Å². The van der Waals surface area contributed by atoms with Crippen molar-refractivity contribution in [2.45, 2.75) is 19.8 Å². The van der Waals surface area contributed by atoms with E-state index < -0.39 is 11.9 Å². The van der Waals surface area contributed by atoms with Crippen LogP contribution in [-0.2, 0) is 9.59 Å². The number of carbonyl (C=O) groups is 2. The highest BCUT2D eigenvalue weighted by Gasteiger charge is 2.43. The molecule has 0 radical (unpaired) electrons. The van der Waals surface area contributed by atoms with E-state index in [1.165, 1.54) is 0 Å². The summed E-state index contributed by atoms with van der Waals surface area (Å²) >= 11 is 0. The molecule has 3 rings (SSSR count). The molecule has 1 N–H and O–H groups in total. The summed E-state index contributed by atoms with van der Waals surface area (Å²) in [6.45, 7) is 2.80. The number of rotatable bonds is 3.